The molecule has 1 aliphatic carbocycles. The van der Waals surface area contributed by atoms with E-state index in [1.807, 2.05) is 86.6 Å². The van der Waals surface area contributed by atoms with Gasteiger partial charge in [-0.3, -0.25) is 9.59 Å². The highest BCUT2D eigenvalue weighted by Crippen LogP contribution is 2.58. The summed E-state index contributed by atoms with van der Waals surface area (Å²) in [5.74, 6) is -1.41. The van der Waals surface area contributed by atoms with Gasteiger partial charge < -0.3 is 5.11 Å². The summed E-state index contributed by atoms with van der Waals surface area (Å²) in [7, 11) is -2.48. The Labute approximate surface area is 231 Å². The molecule has 0 heterocycles. The number of allylic oxidation sites excluding steroid dienone is 2. The molecule has 0 saturated heterocycles. The lowest BCUT2D eigenvalue weighted by atomic mass is 9.73. The van der Waals surface area contributed by atoms with Crippen LogP contribution in [-0.4, -0.2) is 17.7 Å². The van der Waals surface area contributed by atoms with Crippen LogP contribution in [0.25, 0.3) is 0 Å². The zero-order valence-electron chi connectivity index (χ0n) is 22.4. The van der Waals surface area contributed by atoms with Gasteiger partial charge in [-0.15, -0.1) is 5.76 Å². The van der Waals surface area contributed by atoms with Crippen LogP contribution in [0, 0.1) is 11.3 Å². The summed E-state index contributed by atoms with van der Waals surface area (Å²) in [5, 5.41) is 17.0. The highest BCUT2D eigenvalue weighted by molar-refractivity contribution is 7.95. The van der Waals surface area contributed by atoms with Gasteiger partial charge in [0.05, 0.1) is 12.1 Å². The van der Waals surface area contributed by atoms with Crippen molar-refractivity contribution < 1.29 is 14.7 Å². The van der Waals surface area contributed by atoms with E-state index < -0.39 is 18.6 Å². The number of Topliss-reactive ketones (excluding diaryl/α,β-unsaturated/α-hetero) is 2. The van der Waals surface area contributed by atoms with Crippen LogP contribution in [-0.2, 0) is 4.79 Å². The molecule has 1 unspecified atom stereocenters. The first-order valence-corrected chi connectivity index (χ1v) is 15.4. The van der Waals surface area contributed by atoms with Crippen molar-refractivity contribution in [2.75, 3.05) is 6.16 Å². The average molecular weight is 533 g/mol. The van der Waals surface area contributed by atoms with Gasteiger partial charge in [0.1, 0.15) is 23.2 Å². The van der Waals surface area contributed by atoms with Crippen LogP contribution in [0.1, 0.15) is 37.0 Å². The Morgan fingerprint density at radius 1 is 0.718 bits per heavy atom. The van der Waals surface area contributed by atoms with Crippen LogP contribution in [0.4, 0.5) is 0 Å². The molecule has 0 aromatic heterocycles. The Kier molecular flexibility index (Phi) is 7.64. The van der Waals surface area contributed by atoms with Crippen molar-refractivity contribution in [3.8, 4) is 0 Å². The number of rotatable bonds is 8. The molecule has 5 rings (SSSR count). The molecule has 0 amide bonds. The van der Waals surface area contributed by atoms with E-state index in [1.165, 1.54) is 0 Å². The largest absolute Gasteiger partial charge is 0.875 e. The average Bonchev–Trinajstić information content (AvgIpc) is 2.95. The van der Waals surface area contributed by atoms with E-state index in [0.29, 0.717) is 11.7 Å². The third-order valence-corrected chi connectivity index (χ3v) is 12.1. The van der Waals surface area contributed by atoms with Crippen molar-refractivity contribution in [1.29, 1.82) is 0 Å². The standard InChI is InChI=1S/C35H33O3P/c1-35(2)23-31(36)33(32(37)24-35)30(34(38)26-15-7-3-8-16-26)25-39(27-17-9-4-10-18-27,28-19-11-5-12-20-28)29-21-13-6-14-22-29/h3-22,30H,23-25H2,1-2H3. The Bertz CT molecular complexity index is 1380. The summed E-state index contributed by atoms with van der Waals surface area (Å²) in [6.45, 7) is 3.89. The van der Waals surface area contributed by atoms with E-state index in [0.717, 1.165) is 15.9 Å². The van der Waals surface area contributed by atoms with Gasteiger partial charge in [0.25, 0.3) is 0 Å². The maximum atomic E-state index is 14.4. The molecule has 0 radical (unpaired) electrons. The zero-order chi connectivity index (χ0) is 27.5. The molecular weight excluding hydrogens is 499 g/mol. The minimum atomic E-state index is -2.48. The van der Waals surface area contributed by atoms with Crippen molar-refractivity contribution in [2.24, 2.45) is 11.3 Å². The Morgan fingerprint density at radius 3 is 1.54 bits per heavy atom. The van der Waals surface area contributed by atoms with Gasteiger partial charge in [0, 0.05) is 12.0 Å². The summed E-state index contributed by atoms with van der Waals surface area (Å²) in [5.41, 5.74) is 0.283. The van der Waals surface area contributed by atoms with Crippen LogP contribution in [0.3, 0.4) is 0 Å². The van der Waals surface area contributed by atoms with Crippen molar-refractivity contribution in [2.45, 2.75) is 26.7 Å². The lowest BCUT2D eigenvalue weighted by Gasteiger charge is -2.39. The number of ketones is 2. The molecule has 0 spiro atoms. The monoisotopic (exact) mass is 532 g/mol. The Balaban J connectivity index is 1.79. The first kappa shape index (κ1) is 26.8. The quantitative estimate of drug-likeness (QED) is 0.223. The van der Waals surface area contributed by atoms with Gasteiger partial charge >= 0.3 is 0 Å². The van der Waals surface area contributed by atoms with Gasteiger partial charge in [0.15, 0.2) is 11.6 Å². The van der Waals surface area contributed by atoms with Crippen LogP contribution < -0.4 is 21.0 Å². The van der Waals surface area contributed by atoms with Crippen LogP contribution in [0.15, 0.2) is 133 Å². The highest BCUT2D eigenvalue weighted by Gasteiger charge is 2.50. The summed E-state index contributed by atoms with van der Waals surface area (Å²) in [6.07, 6.45) is 0.895. The predicted octanol–water partition coefficient (Wildman–Crippen LogP) is 5.48. The molecule has 0 bridgehead atoms. The third kappa shape index (κ3) is 5.37. The van der Waals surface area contributed by atoms with E-state index in [2.05, 4.69) is 36.4 Å². The molecule has 3 nitrogen and oxygen atoms in total. The highest BCUT2D eigenvalue weighted by atomic mass is 31.2. The van der Waals surface area contributed by atoms with Crippen LogP contribution in [0.2, 0.25) is 0 Å². The lowest BCUT2D eigenvalue weighted by Crippen LogP contribution is -2.41. The minimum absolute atomic E-state index is 0.167. The zero-order valence-corrected chi connectivity index (χ0v) is 23.3. The fourth-order valence-corrected chi connectivity index (χ4v) is 10.3. The van der Waals surface area contributed by atoms with E-state index in [-0.39, 0.29) is 35.7 Å². The third-order valence-electron chi connectivity index (χ3n) is 7.65. The SMILES string of the molecule is CC1(C)CC(=O)C(C(C[P+](c2ccccc2)(c2ccccc2)c2ccccc2)C(=O)c2ccccc2)=C([O-])C1. The fourth-order valence-electron chi connectivity index (χ4n) is 5.86. The molecule has 0 fully saturated rings. The van der Waals surface area contributed by atoms with E-state index in [4.69, 9.17) is 0 Å². The van der Waals surface area contributed by atoms with Gasteiger partial charge in [-0.05, 0) is 53.8 Å². The molecule has 4 heteroatoms. The summed E-state index contributed by atoms with van der Waals surface area (Å²) in [4.78, 5) is 28.1. The van der Waals surface area contributed by atoms with Gasteiger partial charge in [-0.25, -0.2) is 0 Å². The molecular formula is C35H33O3P. The molecule has 0 aliphatic heterocycles. The number of benzene rings is 4. The lowest BCUT2D eigenvalue weighted by molar-refractivity contribution is -0.312. The predicted molar refractivity (Wildman–Crippen MR) is 159 cm³/mol. The number of hydrogen-bond acceptors (Lipinski definition) is 3. The van der Waals surface area contributed by atoms with Crippen molar-refractivity contribution >= 4 is 34.7 Å². The fraction of sp³-hybridized carbons (Fsp3) is 0.200. The van der Waals surface area contributed by atoms with Crippen molar-refractivity contribution in [1.82, 2.24) is 0 Å². The van der Waals surface area contributed by atoms with Gasteiger partial charge in [-0.1, -0.05) is 98.8 Å². The number of carbonyl (C=O) groups excluding carboxylic acids is 2. The van der Waals surface area contributed by atoms with E-state index in [1.54, 1.807) is 12.1 Å². The van der Waals surface area contributed by atoms with E-state index >= 15 is 0 Å². The molecule has 1 atom stereocenters. The van der Waals surface area contributed by atoms with Crippen LogP contribution >= 0.6 is 7.26 Å². The van der Waals surface area contributed by atoms with Gasteiger partial charge in [0.2, 0.25) is 0 Å². The minimum Gasteiger partial charge on any atom is -0.875 e. The summed E-state index contributed by atoms with van der Waals surface area (Å²) < 4.78 is 0. The molecule has 0 saturated carbocycles. The molecule has 196 valence electrons. The Morgan fingerprint density at radius 2 is 1.13 bits per heavy atom. The number of hydrogen-bond donors (Lipinski definition) is 0. The molecule has 4 aromatic rings. The Hall–Kier alpha value is -3.81. The normalized spacial score (nSPS) is 16.1. The first-order chi connectivity index (χ1) is 18.8. The number of carbonyl (C=O) groups is 2. The smallest absolute Gasteiger partial charge is 0.174 e. The second-order valence-electron chi connectivity index (χ2n) is 11.1. The molecule has 4 aromatic carbocycles. The van der Waals surface area contributed by atoms with E-state index in [9.17, 15) is 14.7 Å². The molecule has 0 N–H and O–H groups in total. The second kappa shape index (κ2) is 11.1. The maximum absolute atomic E-state index is 14.4. The van der Waals surface area contributed by atoms with Crippen LogP contribution in [0.5, 0.6) is 0 Å². The second-order valence-corrected chi connectivity index (χ2v) is 14.6. The maximum Gasteiger partial charge on any atom is 0.174 e. The van der Waals surface area contributed by atoms with Gasteiger partial charge in [-0.2, -0.15) is 0 Å². The topological polar surface area (TPSA) is 57.2 Å². The van der Waals surface area contributed by atoms with Crippen molar-refractivity contribution in [3.63, 3.8) is 0 Å². The first-order valence-electron chi connectivity index (χ1n) is 13.4. The summed E-state index contributed by atoms with van der Waals surface area (Å²) in [6, 6.07) is 39.9. The van der Waals surface area contributed by atoms with Crippen molar-refractivity contribution in [3.05, 3.63) is 138 Å². The molecule has 1 aliphatic rings. The summed E-state index contributed by atoms with van der Waals surface area (Å²) >= 11 is 0. The molecule has 39 heavy (non-hydrogen) atoms.